The first-order valence-corrected chi connectivity index (χ1v) is 11.2. The average Bonchev–Trinajstić information content (AvgIpc) is 3.29. The molecule has 1 unspecified atom stereocenters. The molecule has 3 aromatic heterocycles. The number of nitrogens with zero attached hydrogens (tertiary/aromatic N) is 4. The van der Waals surface area contributed by atoms with Crippen LogP contribution in [-0.4, -0.2) is 26.4 Å². The second-order valence-corrected chi connectivity index (χ2v) is 8.19. The SMILES string of the molecule is Clc1ccccc1-c1ccnc(NCc2cc(-c3ccncc3)nn2C2CCCCO2)c1. The molecule has 0 amide bonds. The summed E-state index contributed by atoms with van der Waals surface area (Å²) in [5, 5.41) is 9.05. The molecule has 7 heteroatoms. The van der Waals surface area contributed by atoms with Crippen molar-refractivity contribution >= 4 is 17.4 Å². The molecule has 0 bridgehead atoms. The molecule has 1 N–H and O–H groups in total. The van der Waals surface area contributed by atoms with E-state index in [9.17, 15) is 0 Å². The van der Waals surface area contributed by atoms with E-state index < -0.39 is 0 Å². The van der Waals surface area contributed by atoms with Gasteiger partial charge in [0.15, 0.2) is 6.23 Å². The van der Waals surface area contributed by atoms with Crippen LogP contribution in [0.3, 0.4) is 0 Å². The molecule has 32 heavy (non-hydrogen) atoms. The Balaban J connectivity index is 1.41. The predicted molar refractivity (Wildman–Crippen MR) is 126 cm³/mol. The Labute approximate surface area is 192 Å². The summed E-state index contributed by atoms with van der Waals surface area (Å²) in [6.45, 7) is 1.35. The zero-order valence-electron chi connectivity index (χ0n) is 17.6. The topological polar surface area (TPSA) is 64.9 Å². The smallest absolute Gasteiger partial charge is 0.150 e. The molecule has 0 saturated carbocycles. The minimum Gasteiger partial charge on any atom is -0.364 e. The molecule has 1 aromatic carbocycles. The number of hydrogen-bond donors (Lipinski definition) is 1. The Morgan fingerprint density at radius 1 is 1.00 bits per heavy atom. The highest BCUT2D eigenvalue weighted by molar-refractivity contribution is 6.33. The standard InChI is InChI=1S/C25H24ClN5O/c26-22-6-2-1-5-21(22)19-10-13-28-24(15-19)29-17-20-16-23(18-8-11-27-12-9-18)30-31(20)25-7-3-4-14-32-25/h1-2,5-6,8-13,15-16,25H,3-4,7,14,17H2,(H,28,29). The van der Waals surface area contributed by atoms with E-state index in [1.807, 2.05) is 53.2 Å². The zero-order chi connectivity index (χ0) is 21.8. The second kappa shape index (κ2) is 9.51. The summed E-state index contributed by atoms with van der Waals surface area (Å²) < 4.78 is 8.04. The lowest BCUT2D eigenvalue weighted by Crippen LogP contribution is -2.22. The van der Waals surface area contributed by atoms with Crippen LogP contribution < -0.4 is 5.32 Å². The fraction of sp³-hybridized carbons (Fsp3) is 0.240. The largest absolute Gasteiger partial charge is 0.364 e. The van der Waals surface area contributed by atoms with E-state index in [1.54, 1.807) is 18.6 Å². The van der Waals surface area contributed by atoms with Crippen molar-refractivity contribution in [3.63, 3.8) is 0 Å². The van der Waals surface area contributed by atoms with Crippen molar-refractivity contribution in [3.8, 4) is 22.4 Å². The fourth-order valence-electron chi connectivity index (χ4n) is 3.97. The van der Waals surface area contributed by atoms with Gasteiger partial charge in [0, 0.05) is 41.3 Å². The lowest BCUT2D eigenvalue weighted by Gasteiger charge is -2.24. The van der Waals surface area contributed by atoms with Gasteiger partial charge in [-0.3, -0.25) is 4.98 Å². The summed E-state index contributed by atoms with van der Waals surface area (Å²) in [5.74, 6) is 0.783. The molecule has 4 heterocycles. The molecule has 162 valence electrons. The maximum absolute atomic E-state index is 6.38. The third-order valence-electron chi connectivity index (χ3n) is 5.61. The van der Waals surface area contributed by atoms with Gasteiger partial charge in [-0.2, -0.15) is 5.10 Å². The molecule has 1 fully saturated rings. The number of pyridine rings is 2. The number of aromatic nitrogens is 4. The maximum atomic E-state index is 6.38. The number of hydrogen-bond acceptors (Lipinski definition) is 5. The van der Waals surface area contributed by atoms with Crippen molar-refractivity contribution < 1.29 is 4.74 Å². The Morgan fingerprint density at radius 2 is 1.84 bits per heavy atom. The van der Waals surface area contributed by atoms with Gasteiger partial charge in [0.05, 0.1) is 17.9 Å². The summed E-state index contributed by atoms with van der Waals surface area (Å²) in [6.07, 6.45) is 8.53. The molecule has 1 aliphatic heterocycles. The highest BCUT2D eigenvalue weighted by Crippen LogP contribution is 2.30. The third kappa shape index (κ3) is 4.52. The van der Waals surface area contributed by atoms with Gasteiger partial charge in [0.25, 0.3) is 0 Å². The molecule has 6 nitrogen and oxygen atoms in total. The molecule has 5 rings (SSSR count). The van der Waals surface area contributed by atoms with E-state index >= 15 is 0 Å². The van der Waals surface area contributed by atoms with Crippen LogP contribution in [0.15, 0.2) is 73.2 Å². The quantitative estimate of drug-likeness (QED) is 0.396. The van der Waals surface area contributed by atoms with E-state index in [2.05, 4.69) is 21.4 Å². The molecule has 0 radical (unpaired) electrons. The number of ether oxygens (including phenoxy) is 1. The van der Waals surface area contributed by atoms with Gasteiger partial charge in [-0.05, 0) is 61.2 Å². The molecular weight excluding hydrogens is 422 g/mol. The Morgan fingerprint density at radius 3 is 2.66 bits per heavy atom. The summed E-state index contributed by atoms with van der Waals surface area (Å²) >= 11 is 6.38. The number of nitrogens with one attached hydrogen (secondary N) is 1. The molecule has 0 aliphatic carbocycles. The van der Waals surface area contributed by atoms with Gasteiger partial charge in [0.1, 0.15) is 5.82 Å². The summed E-state index contributed by atoms with van der Waals surface area (Å²) in [5.41, 5.74) is 5.01. The van der Waals surface area contributed by atoms with Crippen LogP contribution in [0, 0.1) is 0 Å². The van der Waals surface area contributed by atoms with Gasteiger partial charge in [-0.25, -0.2) is 9.67 Å². The van der Waals surface area contributed by atoms with Crippen molar-refractivity contribution in [2.45, 2.75) is 32.0 Å². The molecule has 4 aromatic rings. The van der Waals surface area contributed by atoms with Crippen molar-refractivity contribution in [2.75, 3.05) is 11.9 Å². The van der Waals surface area contributed by atoms with Crippen LogP contribution >= 0.6 is 11.6 Å². The average molecular weight is 446 g/mol. The molecule has 1 atom stereocenters. The minimum atomic E-state index is -0.0430. The van der Waals surface area contributed by atoms with Crippen molar-refractivity contribution in [1.82, 2.24) is 19.7 Å². The summed E-state index contributed by atoms with van der Waals surface area (Å²) in [6, 6.07) is 17.9. The fourth-order valence-corrected chi connectivity index (χ4v) is 4.21. The normalized spacial score (nSPS) is 16.1. The van der Waals surface area contributed by atoms with Crippen LogP contribution in [0.2, 0.25) is 5.02 Å². The highest BCUT2D eigenvalue weighted by atomic mass is 35.5. The van der Waals surface area contributed by atoms with Gasteiger partial charge in [-0.15, -0.1) is 0 Å². The first-order chi connectivity index (χ1) is 15.8. The predicted octanol–water partition coefficient (Wildman–Crippen LogP) is 5.97. The van der Waals surface area contributed by atoms with Crippen LogP contribution in [0.25, 0.3) is 22.4 Å². The second-order valence-electron chi connectivity index (χ2n) is 7.79. The minimum absolute atomic E-state index is 0.0430. The van der Waals surface area contributed by atoms with E-state index in [0.29, 0.717) is 6.54 Å². The molecule has 1 saturated heterocycles. The van der Waals surface area contributed by atoms with Crippen LogP contribution in [0.5, 0.6) is 0 Å². The van der Waals surface area contributed by atoms with Crippen molar-refractivity contribution in [3.05, 3.63) is 83.9 Å². The Hall–Kier alpha value is -3.22. The van der Waals surface area contributed by atoms with E-state index in [1.165, 1.54) is 0 Å². The van der Waals surface area contributed by atoms with Crippen molar-refractivity contribution in [2.24, 2.45) is 0 Å². The van der Waals surface area contributed by atoms with Crippen LogP contribution in [0.4, 0.5) is 5.82 Å². The molecular formula is C25H24ClN5O. The molecule has 0 spiro atoms. The van der Waals surface area contributed by atoms with Crippen LogP contribution in [0.1, 0.15) is 31.2 Å². The van der Waals surface area contributed by atoms with E-state index in [-0.39, 0.29) is 6.23 Å². The first-order valence-electron chi connectivity index (χ1n) is 10.8. The lowest BCUT2D eigenvalue weighted by molar-refractivity contribution is -0.0408. The third-order valence-corrected chi connectivity index (χ3v) is 5.94. The number of rotatable bonds is 6. The summed E-state index contributed by atoms with van der Waals surface area (Å²) in [4.78, 5) is 8.61. The van der Waals surface area contributed by atoms with E-state index in [4.69, 9.17) is 21.4 Å². The maximum Gasteiger partial charge on any atom is 0.150 e. The number of anilines is 1. The lowest BCUT2D eigenvalue weighted by atomic mass is 10.1. The first kappa shape index (κ1) is 20.7. The zero-order valence-corrected chi connectivity index (χ0v) is 18.4. The van der Waals surface area contributed by atoms with Gasteiger partial charge in [-0.1, -0.05) is 29.8 Å². The highest BCUT2D eigenvalue weighted by Gasteiger charge is 2.21. The monoisotopic (exact) mass is 445 g/mol. The summed E-state index contributed by atoms with van der Waals surface area (Å²) in [7, 11) is 0. The van der Waals surface area contributed by atoms with Gasteiger partial charge >= 0.3 is 0 Å². The Bertz CT molecular complexity index is 1190. The van der Waals surface area contributed by atoms with Gasteiger partial charge < -0.3 is 10.1 Å². The molecule has 1 aliphatic rings. The number of benzene rings is 1. The van der Waals surface area contributed by atoms with Gasteiger partial charge in [0.2, 0.25) is 0 Å². The van der Waals surface area contributed by atoms with Crippen LogP contribution in [-0.2, 0) is 11.3 Å². The Kier molecular flexibility index (Phi) is 6.14. The van der Waals surface area contributed by atoms with Crippen molar-refractivity contribution in [1.29, 1.82) is 0 Å². The number of halogens is 1. The van der Waals surface area contributed by atoms with E-state index in [0.717, 1.165) is 64.8 Å².